The molecule has 1 aromatic rings. The first-order valence-corrected chi connectivity index (χ1v) is 5.23. The number of halogens is 1. The summed E-state index contributed by atoms with van der Waals surface area (Å²) in [5.74, 6) is 5.63. The summed E-state index contributed by atoms with van der Waals surface area (Å²) in [6, 6.07) is 4.93. The van der Waals surface area contributed by atoms with E-state index in [9.17, 15) is 9.90 Å². The molecule has 0 amide bonds. The lowest BCUT2D eigenvalue weighted by atomic mass is 10.1. The van der Waals surface area contributed by atoms with Gasteiger partial charge in [0.25, 0.3) is 0 Å². The number of alkyl halides is 1. The lowest BCUT2D eigenvalue weighted by molar-refractivity contribution is 0.112. The van der Waals surface area contributed by atoms with Gasteiger partial charge in [-0.05, 0) is 12.1 Å². The van der Waals surface area contributed by atoms with E-state index in [-0.39, 0.29) is 11.3 Å². The van der Waals surface area contributed by atoms with Crippen LogP contribution in [0.5, 0.6) is 5.75 Å². The highest BCUT2D eigenvalue weighted by molar-refractivity contribution is 9.09. The molecule has 0 aromatic heterocycles. The van der Waals surface area contributed by atoms with E-state index in [1.165, 1.54) is 0 Å². The minimum absolute atomic E-state index is 0.0374. The lowest BCUT2D eigenvalue weighted by Crippen LogP contribution is -1.84. The highest BCUT2D eigenvalue weighted by Crippen LogP contribution is 2.19. The second kappa shape index (κ2) is 5.46. The Labute approximate surface area is 91.1 Å². The monoisotopic (exact) mass is 252 g/mol. The van der Waals surface area contributed by atoms with Gasteiger partial charge in [-0.2, -0.15) is 0 Å². The molecule has 0 heterocycles. The molecule has 1 rings (SSSR count). The molecule has 0 radical (unpaired) electrons. The zero-order valence-corrected chi connectivity index (χ0v) is 9.04. The van der Waals surface area contributed by atoms with Crippen molar-refractivity contribution in [2.24, 2.45) is 0 Å². The van der Waals surface area contributed by atoms with E-state index >= 15 is 0 Å². The van der Waals surface area contributed by atoms with Gasteiger partial charge in [-0.15, -0.1) is 0 Å². The maximum absolute atomic E-state index is 10.5. The van der Waals surface area contributed by atoms with Gasteiger partial charge in [0.05, 0.1) is 11.1 Å². The SMILES string of the molecule is O=Cc1cccc(C#CCCBr)c1O. The molecule has 0 fully saturated rings. The molecule has 3 heteroatoms. The normalized spacial score (nSPS) is 8.93. The van der Waals surface area contributed by atoms with Gasteiger partial charge in [0, 0.05) is 11.8 Å². The van der Waals surface area contributed by atoms with Crippen molar-refractivity contribution in [3.63, 3.8) is 0 Å². The molecule has 0 atom stereocenters. The summed E-state index contributed by atoms with van der Waals surface area (Å²) in [6.07, 6.45) is 1.33. The van der Waals surface area contributed by atoms with Crippen LogP contribution in [0.25, 0.3) is 0 Å². The molecule has 0 saturated heterocycles. The van der Waals surface area contributed by atoms with Crippen LogP contribution < -0.4 is 0 Å². The number of phenolic OH excluding ortho intramolecular Hbond substituents is 1. The van der Waals surface area contributed by atoms with Crippen LogP contribution in [0.3, 0.4) is 0 Å². The maximum Gasteiger partial charge on any atom is 0.153 e. The van der Waals surface area contributed by atoms with Crippen molar-refractivity contribution in [2.45, 2.75) is 6.42 Å². The first-order valence-electron chi connectivity index (χ1n) is 4.11. The predicted molar refractivity (Wildman–Crippen MR) is 58.8 cm³/mol. The summed E-state index contributed by atoms with van der Waals surface area (Å²) in [4.78, 5) is 10.5. The Kier molecular flexibility index (Phi) is 4.21. The van der Waals surface area contributed by atoms with Crippen molar-refractivity contribution in [3.8, 4) is 17.6 Å². The number of aromatic hydroxyl groups is 1. The van der Waals surface area contributed by atoms with Gasteiger partial charge in [0.1, 0.15) is 5.75 Å². The molecule has 1 aromatic carbocycles. The van der Waals surface area contributed by atoms with Crippen LogP contribution in [0, 0.1) is 11.8 Å². The van der Waals surface area contributed by atoms with Crippen LogP contribution in [0.1, 0.15) is 22.3 Å². The number of rotatable bonds is 2. The van der Waals surface area contributed by atoms with Crippen molar-refractivity contribution in [2.75, 3.05) is 5.33 Å². The zero-order valence-electron chi connectivity index (χ0n) is 7.46. The maximum atomic E-state index is 10.5. The number of para-hydroxylation sites is 1. The minimum Gasteiger partial charge on any atom is -0.506 e. The van der Waals surface area contributed by atoms with Gasteiger partial charge in [-0.3, -0.25) is 4.79 Å². The average Bonchev–Trinajstić information content (AvgIpc) is 2.21. The molecule has 0 saturated carbocycles. The van der Waals surface area contributed by atoms with Gasteiger partial charge in [-0.25, -0.2) is 0 Å². The number of hydrogen-bond donors (Lipinski definition) is 1. The molecular weight excluding hydrogens is 244 g/mol. The molecule has 1 N–H and O–H groups in total. The van der Waals surface area contributed by atoms with E-state index < -0.39 is 0 Å². The third kappa shape index (κ3) is 2.61. The fourth-order valence-corrected chi connectivity index (χ4v) is 1.16. The summed E-state index contributed by atoms with van der Waals surface area (Å²) in [7, 11) is 0. The molecule has 0 aliphatic heterocycles. The van der Waals surface area contributed by atoms with Gasteiger partial charge in [-0.1, -0.05) is 33.8 Å². The number of carbonyl (C=O) groups excluding carboxylic acids is 1. The Bertz CT molecular complexity index is 388. The third-order valence-electron chi connectivity index (χ3n) is 1.64. The smallest absolute Gasteiger partial charge is 0.153 e. The highest BCUT2D eigenvalue weighted by atomic mass is 79.9. The molecule has 0 aliphatic rings. The van der Waals surface area contributed by atoms with E-state index in [2.05, 4.69) is 27.8 Å². The van der Waals surface area contributed by atoms with Crippen molar-refractivity contribution in [1.29, 1.82) is 0 Å². The van der Waals surface area contributed by atoms with Crippen molar-refractivity contribution in [1.82, 2.24) is 0 Å². The molecule has 0 spiro atoms. The second-order valence-corrected chi connectivity index (χ2v) is 3.40. The molecule has 0 bridgehead atoms. The Morgan fingerprint density at radius 3 is 2.93 bits per heavy atom. The molecule has 0 unspecified atom stereocenters. The summed E-state index contributed by atoms with van der Waals surface area (Å²) < 4.78 is 0. The van der Waals surface area contributed by atoms with Gasteiger partial charge in [0.15, 0.2) is 6.29 Å². The Morgan fingerprint density at radius 1 is 1.50 bits per heavy atom. The fourth-order valence-electron chi connectivity index (χ4n) is 0.962. The number of aldehydes is 1. The largest absolute Gasteiger partial charge is 0.506 e. The second-order valence-electron chi connectivity index (χ2n) is 2.60. The van der Waals surface area contributed by atoms with Crippen LogP contribution in [0.4, 0.5) is 0 Å². The van der Waals surface area contributed by atoms with E-state index in [4.69, 9.17) is 0 Å². The number of phenols is 1. The summed E-state index contributed by atoms with van der Waals surface area (Å²) in [5, 5.41) is 10.3. The van der Waals surface area contributed by atoms with Gasteiger partial charge in [0.2, 0.25) is 0 Å². The average molecular weight is 253 g/mol. The molecule has 72 valence electrons. The standard InChI is InChI=1S/C11H9BrO2/c12-7-2-1-4-9-5-3-6-10(8-13)11(9)14/h3,5-6,8,14H,2,7H2. The quantitative estimate of drug-likeness (QED) is 0.499. The Balaban J connectivity index is 2.99. The van der Waals surface area contributed by atoms with Gasteiger partial charge < -0.3 is 5.11 Å². The number of benzene rings is 1. The van der Waals surface area contributed by atoms with Gasteiger partial charge >= 0.3 is 0 Å². The first kappa shape index (κ1) is 10.8. The van der Waals surface area contributed by atoms with E-state index in [0.29, 0.717) is 18.3 Å². The van der Waals surface area contributed by atoms with Crippen molar-refractivity contribution < 1.29 is 9.90 Å². The summed E-state index contributed by atoms with van der Waals surface area (Å²) in [5.41, 5.74) is 0.770. The van der Waals surface area contributed by atoms with Crippen LogP contribution in [0.2, 0.25) is 0 Å². The third-order valence-corrected chi connectivity index (χ3v) is 2.03. The minimum atomic E-state index is -0.0374. The number of carbonyl (C=O) groups is 1. The van der Waals surface area contributed by atoms with Crippen LogP contribution in [-0.4, -0.2) is 16.7 Å². The van der Waals surface area contributed by atoms with E-state index in [1.807, 2.05) is 0 Å². The summed E-state index contributed by atoms with van der Waals surface area (Å²) in [6.45, 7) is 0. The topological polar surface area (TPSA) is 37.3 Å². The van der Waals surface area contributed by atoms with Crippen molar-refractivity contribution >= 4 is 22.2 Å². The van der Waals surface area contributed by atoms with E-state index in [1.54, 1.807) is 18.2 Å². The molecule has 2 nitrogen and oxygen atoms in total. The van der Waals surface area contributed by atoms with Crippen molar-refractivity contribution in [3.05, 3.63) is 29.3 Å². The lowest BCUT2D eigenvalue weighted by Gasteiger charge is -1.98. The van der Waals surface area contributed by atoms with E-state index in [0.717, 1.165) is 5.33 Å². The van der Waals surface area contributed by atoms with Crippen LogP contribution >= 0.6 is 15.9 Å². The highest BCUT2D eigenvalue weighted by Gasteiger charge is 2.02. The Morgan fingerprint density at radius 2 is 2.29 bits per heavy atom. The van der Waals surface area contributed by atoms with Crippen LogP contribution in [-0.2, 0) is 0 Å². The molecular formula is C11H9BrO2. The number of hydrogen-bond acceptors (Lipinski definition) is 2. The molecule has 14 heavy (non-hydrogen) atoms. The fraction of sp³-hybridized carbons (Fsp3) is 0.182. The summed E-state index contributed by atoms with van der Waals surface area (Å²) >= 11 is 3.25. The Hall–Kier alpha value is -1.27. The zero-order chi connectivity index (χ0) is 10.4. The predicted octanol–water partition coefficient (Wildman–Crippen LogP) is 2.34. The van der Waals surface area contributed by atoms with Crippen LogP contribution in [0.15, 0.2) is 18.2 Å². The first-order chi connectivity index (χ1) is 6.79. The molecule has 0 aliphatic carbocycles.